The Morgan fingerprint density at radius 2 is 1.81 bits per heavy atom. The van der Waals surface area contributed by atoms with E-state index in [0.29, 0.717) is 6.04 Å². The number of fused-ring (bicyclic) bond motifs is 1. The topological polar surface area (TPSA) is 17.0 Å². The summed E-state index contributed by atoms with van der Waals surface area (Å²) in [6.07, 6.45) is 2.21. The van der Waals surface area contributed by atoms with Crippen LogP contribution in [-0.4, -0.2) is 4.57 Å². The Balaban J connectivity index is 1.79. The molecule has 3 rings (SSSR count). The fourth-order valence-electron chi connectivity index (χ4n) is 2.77. The summed E-state index contributed by atoms with van der Waals surface area (Å²) in [5.41, 5.74) is 3.91. The van der Waals surface area contributed by atoms with Gasteiger partial charge in [0.2, 0.25) is 0 Å². The number of halogens is 1. The molecule has 1 unspecified atom stereocenters. The number of nitrogens with one attached hydrogen (secondary N) is 1. The molecule has 0 saturated carbocycles. The van der Waals surface area contributed by atoms with E-state index >= 15 is 0 Å². The third-order valence-electron chi connectivity index (χ3n) is 3.95. The molecule has 108 valence electrons. The van der Waals surface area contributed by atoms with Crippen molar-refractivity contribution in [2.75, 3.05) is 0 Å². The number of rotatable bonds is 4. The minimum absolute atomic E-state index is 0.305. The lowest BCUT2D eigenvalue weighted by atomic mass is 10.1. The minimum Gasteiger partial charge on any atom is -0.350 e. The summed E-state index contributed by atoms with van der Waals surface area (Å²) in [5.74, 6) is 0. The van der Waals surface area contributed by atoms with Crippen molar-refractivity contribution in [1.29, 1.82) is 0 Å². The van der Waals surface area contributed by atoms with E-state index in [1.165, 1.54) is 22.0 Å². The minimum atomic E-state index is 0.305. The predicted octanol–water partition coefficient (Wildman–Crippen LogP) is 4.79. The number of benzene rings is 2. The standard InChI is InChI=1S/C18H19BrN2/c1-13(15-7-3-5-9-17(15)19)20-11-14-12-21(2)18-10-6-4-8-16(14)18/h3-10,12-13,20H,11H2,1-2H3. The first-order chi connectivity index (χ1) is 10.2. The molecule has 0 spiro atoms. The predicted molar refractivity (Wildman–Crippen MR) is 92.3 cm³/mol. The van der Waals surface area contributed by atoms with Gasteiger partial charge in [-0.25, -0.2) is 0 Å². The van der Waals surface area contributed by atoms with Crippen molar-refractivity contribution in [1.82, 2.24) is 9.88 Å². The fourth-order valence-corrected chi connectivity index (χ4v) is 3.39. The summed E-state index contributed by atoms with van der Waals surface area (Å²) in [6, 6.07) is 17.2. The Hall–Kier alpha value is -1.58. The van der Waals surface area contributed by atoms with Crippen LogP contribution in [0.3, 0.4) is 0 Å². The molecule has 0 fully saturated rings. The SMILES string of the molecule is CC(NCc1cn(C)c2ccccc12)c1ccccc1Br. The third kappa shape index (κ3) is 2.89. The molecule has 1 aromatic heterocycles. The van der Waals surface area contributed by atoms with Crippen LogP contribution in [0.5, 0.6) is 0 Å². The lowest BCUT2D eigenvalue weighted by molar-refractivity contribution is 0.574. The van der Waals surface area contributed by atoms with Crippen LogP contribution in [0.25, 0.3) is 10.9 Å². The molecule has 1 heterocycles. The van der Waals surface area contributed by atoms with E-state index in [0.717, 1.165) is 11.0 Å². The maximum absolute atomic E-state index is 3.62. The van der Waals surface area contributed by atoms with E-state index in [1.807, 2.05) is 6.07 Å². The maximum Gasteiger partial charge on any atom is 0.0481 e. The summed E-state index contributed by atoms with van der Waals surface area (Å²) < 4.78 is 3.35. The molecule has 3 aromatic rings. The molecule has 1 N–H and O–H groups in total. The Morgan fingerprint density at radius 1 is 1.10 bits per heavy atom. The summed E-state index contributed by atoms with van der Waals surface area (Å²) in [5, 5.41) is 4.94. The third-order valence-corrected chi connectivity index (χ3v) is 4.67. The van der Waals surface area contributed by atoms with Gasteiger partial charge >= 0.3 is 0 Å². The summed E-state index contributed by atoms with van der Waals surface area (Å²) >= 11 is 3.62. The molecular weight excluding hydrogens is 324 g/mol. The van der Waals surface area contributed by atoms with Gasteiger partial charge in [-0.1, -0.05) is 52.3 Å². The second kappa shape index (κ2) is 6.04. The molecule has 21 heavy (non-hydrogen) atoms. The van der Waals surface area contributed by atoms with Gasteiger partial charge in [-0.3, -0.25) is 0 Å². The molecule has 0 bridgehead atoms. The van der Waals surface area contributed by atoms with Crippen molar-refractivity contribution in [2.24, 2.45) is 7.05 Å². The average molecular weight is 343 g/mol. The van der Waals surface area contributed by atoms with E-state index in [9.17, 15) is 0 Å². The lowest BCUT2D eigenvalue weighted by Crippen LogP contribution is -2.18. The molecule has 2 aromatic carbocycles. The van der Waals surface area contributed by atoms with Crippen LogP contribution in [0.1, 0.15) is 24.1 Å². The largest absolute Gasteiger partial charge is 0.350 e. The zero-order chi connectivity index (χ0) is 14.8. The first-order valence-corrected chi connectivity index (χ1v) is 7.97. The van der Waals surface area contributed by atoms with Gasteiger partial charge < -0.3 is 9.88 Å². The highest BCUT2D eigenvalue weighted by Gasteiger charge is 2.10. The van der Waals surface area contributed by atoms with Gasteiger partial charge in [-0.05, 0) is 30.2 Å². The van der Waals surface area contributed by atoms with Gasteiger partial charge in [0.1, 0.15) is 0 Å². The molecule has 0 amide bonds. The van der Waals surface area contributed by atoms with Crippen LogP contribution < -0.4 is 5.32 Å². The Kier molecular flexibility index (Phi) is 4.13. The summed E-state index contributed by atoms with van der Waals surface area (Å²) in [7, 11) is 2.10. The first-order valence-electron chi connectivity index (χ1n) is 7.17. The highest BCUT2D eigenvalue weighted by molar-refractivity contribution is 9.10. The molecule has 3 heteroatoms. The van der Waals surface area contributed by atoms with Crippen LogP contribution in [0.15, 0.2) is 59.2 Å². The molecular formula is C18H19BrN2. The van der Waals surface area contributed by atoms with Crippen molar-refractivity contribution in [3.8, 4) is 0 Å². The van der Waals surface area contributed by atoms with Gasteiger partial charge in [0.15, 0.2) is 0 Å². The number of aryl methyl sites for hydroxylation is 1. The Morgan fingerprint density at radius 3 is 2.62 bits per heavy atom. The molecule has 0 aliphatic rings. The summed E-state index contributed by atoms with van der Waals surface area (Å²) in [4.78, 5) is 0. The van der Waals surface area contributed by atoms with E-state index in [-0.39, 0.29) is 0 Å². The number of aromatic nitrogens is 1. The van der Waals surface area contributed by atoms with E-state index in [2.05, 4.69) is 88.4 Å². The number of hydrogen-bond acceptors (Lipinski definition) is 1. The van der Waals surface area contributed by atoms with E-state index < -0.39 is 0 Å². The number of nitrogens with zero attached hydrogens (tertiary/aromatic N) is 1. The van der Waals surface area contributed by atoms with Gasteiger partial charge in [0, 0.05) is 41.2 Å². The highest BCUT2D eigenvalue weighted by atomic mass is 79.9. The maximum atomic E-state index is 3.62. The summed E-state index contributed by atoms with van der Waals surface area (Å²) in [6.45, 7) is 3.06. The van der Waals surface area contributed by atoms with Crippen LogP contribution >= 0.6 is 15.9 Å². The van der Waals surface area contributed by atoms with Gasteiger partial charge in [-0.15, -0.1) is 0 Å². The first kappa shape index (κ1) is 14.4. The smallest absolute Gasteiger partial charge is 0.0481 e. The average Bonchev–Trinajstić information content (AvgIpc) is 2.82. The van der Waals surface area contributed by atoms with Crippen molar-refractivity contribution in [3.05, 3.63) is 70.3 Å². The molecule has 2 nitrogen and oxygen atoms in total. The van der Waals surface area contributed by atoms with Gasteiger partial charge in [-0.2, -0.15) is 0 Å². The lowest BCUT2D eigenvalue weighted by Gasteiger charge is -2.15. The second-order valence-electron chi connectivity index (χ2n) is 5.41. The van der Waals surface area contributed by atoms with Crippen LogP contribution in [0, 0.1) is 0 Å². The normalized spacial score (nSPS) is 12.7. The van der Waals surface area contributed by atoms with Crippen LogP contribution in [-0.2, 0) is 13.6 Å². The molecule has 0 radical (unpaired) electrons. The van der Waals surface area contributed by atoms with E-state index in [1.54, 1.807) is 0 Å². The molecule has 1 atom stereocenters. The number of para-hydroxylation sites is 1. The Bertz CT molecular complexity index is 761. The van der Waals surface area contributed by atoms with Crippen molar-refractivity contribution in [3.63, 3.8) is 0 Å². The van der Waals surface area contributed by atoms with Crippen molar-refractivity contribution in [2.45, 2.75) is 19.5 Å². The zero-order valence-electron chi connectivity index (χ0n) is 12.3. The van der Waals surface area contributed by atoms with Crippen molar-refractivity contribution < 1.29 is 0 Å². The van der Waals surface area contributed by atoms with Gasteiger partial charge in [0.25, 0.3) is 0 Å². The zero-order valence-corrected chi connectivity index (χ0v) is 13.9. The van der Waals surface area contributed by atoms with Crippen molar-refractivity contribution >= 4 is 26.8 Å². The highest BCUT2D eigenvalue weighted by Crippen LogP contribution is 2.24. The number of hydrogen-bond donors (Lipinski definition) is 1. The van der Waals surface area contributed by atoms with E-state index in [4.69, 9.17) is 0 Å². The monoisotopic (exact) mass is 342 g/mol. The molecule has 0 aliphatic heterocycles. The van der Waals surface area contributed by atoms with Gasteiger partial charge in [0.05, 0.1) is 0 Å². The van der Waals surface area contributed by atoms with Crippen LogP contribution in [0.2, 0.25) is 0 Å². The second-order valence-corrected chi connectivity index (χ2v) is 6.26. The Labute approximate surface area is 133 Å². The quantitative estimate of drug-likeness (QED) is 0.721. The molecule has 0 aliphatic carbocycles. The molecule has 0 saturated heterocycles. The van der Waals surface area contributed by atoms with Crippen LogP contribution in [0.4, 0.5) is 0 Å². The fraction of sp³-hybridized carbons (Fsp3) is 0.222.